The minimum Gasteiger partial charge on any atom is -0.353 e. The van der Waals surface area contributed by atoms with Crippen LogP contribution in [0.15, 0.2) is 0 Å². The fraction of sp³-hybridized carbons (Fsp3) is 0.923. The lowest BCUT2D eigenvalue weighted by atomic mass is 9.79. The summed E-state index contributed by atoms with van der Waals surface area (Å²) in [6, 6.07) is 0.409. The van der Waals surface area contributed by atoms with Crippen LogP contribution < -0.4 is 5.32 Å². The van der Waals surface area contributed by atoms with Gasteiger partial charge < -0.3 is 5.32 Å². The molecule has 1 aliphatic rings. The van der Waals surface area contributed by atoms with Gasteiger partial charge in [-0.25, -0.2) is 0 Å². The maximum absolute atomic E-state index is 11.2. The van der Waals surface area contributed by atoms with Gasteiger partial charge >= 0.3 is 0 Å². The molecule has 15 heavy (non-hydrogen) atoms. The molecule has 0 aromatic heterocycles. The number of hydrogen-bond acceptors (Lipinski definition) is 1. The Kier molecular flexibility index (Phi) is 4.62. The molecule has 1 aliphatic heterocycles. The predicted octanol–water partition coefficient (Wildman–Crippen LogP) is 3.26. The molecule has 2 heteroatoms. The molecule has 0 bridgehead atoms. The van der Waals surface area contributed by atoms with Crippen LogP contribution in [0, 0.1) is 5.41 Å². The van der Waals surface area contributed by atoms with Crippen LogP contribution in [-0.2, 0) is 4.79 Å². The van der Waals surface area contributed by atoms with Gasteiger partial charge in [-0.05, 0) is 18.3 Å². The van der Waals surface area contributed by atoms with Crippen molar-refractivity contribution in [2.45, 2.75) is 71.8 Å². The number of amides is 1. The highest BCUT2D eigenvalue weighted by Crippen LogP contribution is 2.32. The summed E-state index contributed by atoms with van der Waals surface area (Å²) in [5.41, 5.74) is 0.278. The fourth-order valence-corrected chi connectivity index (χ4v) is 2.38. The molecule has 2 nitrogen and oxygen atoms in total. The molecule has 0 aromatic carbocycles. The molecule has 1 atom stereocenters. The molecule has 1 unspecified atom stereocenters. The van der Waals surface area contributed by atoms with Crippen LogP contribution in [0.4, 0.5) is 0 Å². The average molecular weight is 211 g/mol. The van der Waals surface area contributed by atoms with E-state index in [-0.39, 0.29) is 11.3 Å². The third kappa shape index (κ3) is 3.84. The van der Waals surface area contributed by atoms with Crippen LogP contribution in [-0.4, -0.2) is 11.9 Å². The average Bonchev–Trinajstić information content (AvgIpc) is 2.60. The number of nitrogens with one attached hydrogen (secondary N) is 1. The fourth-order valence-electron chi connectivity index (χ4n) is 2.38. The van der Waals surface area contributed by atoms with E-state index in [1.165, 1.54) is 32.1 Å². The van der Waals surface area contributed by atoms with Crippen LogP contribution in [0.5, 0.6) is 0 Å². The Morgan fingerprint density at radius 3 is 2.60 bits per heavy atom. The molecule has 1 N–H and O–H groups in total. The first-order valence-electron chi connectivity index (χ1n) is 6.35. The highest BCUT2D eigenvalue weighted by molar-refractivity contribution is 5.78. The minimum atomic E-state index is 0.238. The second kappa shape index (κ2) is 5.53. The van der Waals surface area contributed by atoms with Crippen molar-refractivity contribution in [2.24, 2.45) is 5.41 Å². The number of hydrogen-bond donors (Lipinski definition) is 1. The number of unbranched alkanes of at least 4 members (excludes halogenated alkanes) is 3. The Balaban J connectivity index is 2.28. The molecular formula is C13H25NO. The van der Waals surface area contributed by atoms with Crippen LogP contribution >= 0.6 is 0 Å². The molecular weight excluding hydrogens is 186 g/mol. The molecule has 1 saturated heterocycles. The van der Waals surface area contributed by atoms with Gasteiger partial charge in [0.15, 0.2) is 0 Å². The largest absolute Gasteiger partial charge is 0.353 e. The van der Waals surface area contributed by atoms with Crippen LogP contribution in [0.3, 0.4) is 0 Å². The van der Waals surface area contributed by atoms with Gasteiger partial charge in [0.1, 0.15) is 0 Å². The predicted molar refractivity (Wildman–Crippen MR) is 63.7 cm³/mol. The first kappa shape index (κ1) is 12.5. The Labute approximate surface area is 93.8 Å². The SMILES string of the molecule is CCCCCCC(C)(C)C1CCC(=O)N1. The van der Waals surface area contributed by atoms with Gasteiger partial charge in [0.25, 0.3) is 0 Å². The first-order chi connectivity index (χ1) is 7.06. The second-order valence-corrected chi connectivity index (χ2v) is 5.46. The van der Waals surface area contributed by atoms with Gasteiger partial charge in [-0.1, -0.05) is 46.5 Å². The molecule has 1 heterocycles. The second-order valence-electron chi connectivity index (χ2n) is 5.46. The summed E-state index contributed by atoms with van der Waals surface area (Å²) in [6.07, 6.45) is 8.25. The first-order valence-corrected chi connectivity index (χ1v) is 6.35. The number of carbonyl (C=O) groups is 1. The maximum Gasteiger partial charge on any atom is 0.220 e. The quantitative estimate of drug-likeness (QED) is 0.671. The van der Waals surface area contributed by atoms with Gasteiger partial charge in [-0.15, -0.1) is 0 Å². The Bertz CT molecular complexity index is 211. The van der Waals surface area contributed by atoms with Crippen LogP contribution in [0.2, 0.25) is 0 Å². The lowest BCUT2D eigenvalue weighted by molar-refractivity contribution is -0.119. The Morgan fingerprint density at radius 2 is 2.07 bits per heavy atom. The van der Waals surface area contributed by atoms with E-state index in [1.54, 1.807) is 0 Å². The van der Waals surface area contributed by atoms with E-state index < -0.39 is 0 Å². The molecule has 0 spiro atoms. The molecule has 0 saturated carbocycles. The van der Waals surface area contributed by atoms with Crippen molar-refractivity contribution >= 4 is 5.91 Å². The summed E-state index contributed by atoms with van der Waals surface area (Å²) in [7, 11) is 0. The minimum absolute atomic E-state index is 0.238. The highest BCUT2D eigenvalue weighted by Gasteiger charge is 2.34. The van der Waals surface area contributed by atoms with Crippen molar-refractivity contribution in [3.63, 3.8) is 0 Å². The molecule has 0 aliphatic carbocycles. The van der Waals surface area contributed by atoms with E-state index in [0.717, 1.165) is 12.8 Å². The van der Waals surface area contributed by atoms with E-state index in [2.05, 4.69) is 26.1 Å². The van der Waals surface area contributed by atoms with E-state index >= 15 is 0 Å². The molecule has 1 amide bonds. The molecule has 1 rings (SSSR count). The normalized spacial score (nSPS) is 21.8. The number of carbonyl (C=O) groups excluding carboxylic acids is 1. The van der Waals surface area contributed by atoms with Crippen molar-refractivity contribution < 1.29 is 4.79 Å². The van der Waals surface area contributed by atoms with Gasteiger partial charge in [0.2, 0.25) is 5.91 Å². The summed E-state index contributed by atoms with van der Waals surface area (Å²) in [5, 5.41) is 3.10. The Hall–Kier alpha value is -0.530. The van der Waals surface area contributed by atoms with Crippen molar-refractivity contribution in [1.82, 2.24) is 5.32 Å². The number of rotatable bonds is 6. The van der Waals surface area contributed by atoms with Gasteiger partial charge in [-0.3, -0.25) is 4.79 Å². The Morgan fingerprint density at radius 1 is 1.33 bits per heavy atom. The van der Waals surface area contributed by atoms with E-state index in [0.29, 0.717) is 6.04 Å². The zero-order valence-electron chi connectivity index (χ0n) is 10.4. The standard InChI is InChI=1S/C13H25NO/c1-4-5-6-7-10-13(2,3)11-8-9-12(15)14-11/h11H,4-10H2,1-3H3,(H,14,15). The lowest BCUT2D eigenvalue weighted by Crippen LogP contribution is -2.38. The van der Waals surface area contributed by atoms with Crippen molar-refractivity contribution in [3.8, 4) is 0 Å². The summed E-state index contributed by atoms with van der Waals surface area (Å²) >= 11 is 0. The summed E-state index contributed by atoms with van der Waals surface area (Å²) in [4.78, 5) is 11.2. The third-order valence-corrected chi connectivity index (χ3v) is 3.61. The molecule has 88 valence electrons. The van der Waals surface area contributed by atoms with Crippen LogP contribution in [0.25, 0.3) is 0 Å². The van der Waals surface area contributed by atoms with E-state index in [4.69, 9.17) is 0 Å². The van der Waals surface area contributed by atoms with Gasteiger partial charge in [0.05, 0.1) is 0 Å². The van der Waals surface area contributed by atoms with Crippen LogP contribution in [0.1, 0.15) is 65.7 Å². The molecule has 0 aromatic rings. The van der Waals surface area contributed by atoms with Gasteiger partial charge in [-0.2, -0.15) is 0 Å². The zero-order valence-corrected chi connectivity index (χ0v) is 10.4. The van der Waals surface area contributed by atoms with Crippen molar-refractivity contribution in [2.75, 3.05) is 0 Å². The van der Waals surface area contributed by atoms with Gasteiger partial charge in [0, 0.05) is 12.5 Å². The topological polar surface area (TPSA) is 29.1 Å². The van der Waals surface area contributed by atoms with Crippen molar-refractivity contribution in [3.05, 3.63) is 0 Å². The van der Waals surface area contributed by atoms with E-state index in [1.807, 2.05) is 0 Å². The smallest absolute Gasteiger partial charge is 0.220 e. The summed E-state index contributed by atoms with van der Waals surface area (Å²) in [6.45, 7) is 6.81. The maximum atomic E-state index is 11.2. The van der Waals surface area contributed by atoms with E-state index in [9.17, 15) is 4.79 Å². The molecule has 0 radical (unpaired) electrons. The van der Waals surface area contributed by atoms with Crippen molar-refractivity contribution in [1.29, 1.82) is 0 Å². The summed E-state index contributed by atoms with van der Waals surface area (Å²) < 4.78 is 0. The zero-order chi connectivity index (χ0) is 11.3. The monoisotopic (exact) mass is 211 g/mol. The molecule has 1 fully saturated rings. The third-order valence-electron chi connectivity index (χ3n) is 3.61. The lowest BCUT2D eigenvalue weighted by Gasteiger charge is -2.31. The highest BCUT2D eigenvalue weighted by atomic mass is 16.1. The summed E-state index contributed by atoms with van der Waals surface area (Å²) in [5.74, 6) is 0.238.